The lowest BCUT2D eigenvalue weighted by atomic mass is 9.91. The van der Waals surface area contributed by atoms with Crippen molar-refractivity contribution in [3.05, 3.63) is 88.7 Å². The Morgan fingerprint density at radius 1 is 1.12 bits per heavy atom. The fourth-order valence-corrected chi connectivity index (χ4v) is 4.84. The molecule has 6 heteroatoms. The standard InChI is InChI=1S/C27H24FNO4/c1-16-14-18(11-12-22(16)28)25(30)23-24(21-10-4-7-17-6-2-3-9-20(17)21)29(27(32)26(23)31)15-19-8-5-13-33-19/h2-4,6-7,9-12,14,19,24,30H,5,8,13,15H2,1H3/b25-23-. The first kappa shape index (κ1) is 21.3. The summed E-state index contributed by atoms with van der Waals surface area (Å²) in [5.74, 6) is -2.12. The third-order valence-corrected chi connectivity index (χ3v) is 6.51. The summed E-state index contributed by atoms with van der Waals surface area (Å²) in [5, 5.41) is 13.1. The van der Waals surface area contributed by atoms with E-state index in [-0.39, 0.29) is 24.0 Å². The molecule has 0 spiro atoms. The number of aryl methyl sites for hydroxylation is 1. The molecule has 1 amide bonds. The van der Waals surface area contributed by atoms with Crippen molar-refractivity contribution in [2.45, 2.75) is 31.9 Å². The van der Waals surface area contributed by atoms with E-state index in [4.69, 9.17) is 4.74 Å². The molecule has 0 radical (unpaired) electrons. The van der Waals surface area contributed by atoms with Gasteiger partial charge in [0, 0.05) is 18.7 Å². The van der Waals surface area contributed by atoms with E-state index in [1.807, 2.05) is 42.5 Å². The first-order valence-electron chi connectivity index (χ1n) is 11.1. The van der Waals surface area contributed by atoms with Crippen LogP contribution in [0.15, 0.2) is 66.2 Å². The number of ketones is 1. The zero-order chi connectivity index (χ0) is 23.1. The van der Waals surface area contributed by atoms with Gasteiger partial charge < -0.3 is 14.7 Å². The monoisotopic (exact) mass is 445 g/mol. The number of rotatable bonds is 4. The smallest absolute Gasteiger partial charge is 0.295 e. The highest BCUT2D eigenvalue weighted by Gasteiger charge is 2.47. The molecule has 3 aromatic carbocycles. The molecule has 5 rings (SSSR count). The number of likely N-dealkylation sites (tertiary alicyclic amines) is 1. The molecule has 0 bridgehead atoms. The molecule has 3 aromatic rings. The van der Waals surface area contributed by atoms with Crippen LogP contribution in [0.4, 0.5) is 4.39 Å². The Hall–Kier alpha value is -3.51. The quantitative estimate of drug-likeness (QED) is 0.353. The highest BCUT2D eigenvalue weighted by atomic mass is 19.1. The number of halogens is 1. The highest BCUT2D eigenvalue weighted by Crippen LogP contribution is 2.42. The van der Waals surface area contributed by atoms with E-state index in [2.05, 4.69) is 0 Å². The van der Waals surface area contributed by atoms with Crippen molar-refractivity contribution in [1.29, 1.82) is 0 Å². The van der Waals surface area contributed by atoms with Gasteiger partial charge in [0.2, 0.25) is 0 Å². The van der Waals surface area contributed by atoms with Crippen molar-refractivity contribution in [3.63, 3.8) is 0 Å². The molecule has 2 aliphatic rings. The van der Waals surface area contributed by atoms with E-state index in [9.17, 15) is 19.1 Å². The Morgan fingerprint density at radius 3 is 2.67 bits per heavy atom. The van der Waals surface area contributed by atoms with Gasteiger partial charge in [-0.25, -0.2) is 4.39 Å². The number of hydrogen-bond acceptors (Lipinski definition) is 4. The number of carbonyl (C=O) groups is 2. The molecule has 0 aromatic heterocycles. The molecule has 33 heavy (non-hydrogen) atoms. The average molecular weight is 445 g/mol. The van der Waals surface area contributed by atoms with Gasteiger partial charge in [0.1, 0.15) is 11.6 Å². The Balaban J connectivity index is 1.71. The molecule has 2 heterocycles. The van der Waals surface area contributed by atoms with Crippen LogP contribution < -0.4 is 0 Å². The van der Waals surface area contributed by atoms with Crippen molar-refractivity contribution in [3.8, 4) is 0 Å². The first-order valence-corrected chi connectivity index (χ1v) is 11.1. The van der Waals surface area contributed by atoms with E-state index in [1.165, 1.54) is 23.1 Å². The number of carbonyl (C=O) groups excluding carboxylic acids is 2. The minimum atomic E-state index is -0.773. The van der Waals surface area contributed by atoms with Crippen molar-refractivity contribution in [2.24, 2.45) is 0 Å². The lowest BCUT2D eigenvalue weighted by molar-refractivity contribution is -0.140. The van der Waals surface area contributed by atoms with Crippen LogP contribution in [-0.4, -0.2) is 41.0 Å². The number of fused-ring (bicyclic) bond motifs is 1. The molecular weight excluding hydrogens is 421 g/mol. The van der Waals surface area contributed by atoms with Gasteiger partial charge >= 0.3 is 0 Å². The largest absolute Gasteiger partial charge is 0.507 e. The maximum Gasteiger partial charge on any atom is 0.295 e. The van der Waals surface area contributed by atoms with E-state index in [0.717, 1.165) is 29.2 Å². The van der Waals surface area contributed by atoms with Gasteiger partial charge in [-0.2, -0.15) is 0 Å². The third kappa shape index (κ3) is 3.70. The molecule has 5 nitrogen and oxygen atoms in total. The summed E-state index contributed by atoms with van der Waals surface area (Å²) in [7, 11) is 0. The number of hydrogen-bond donors (Lipinski definition) is 1. The Kier molecular flexibility index (Phi) is 5.46. The predicted octanol–water partition coefficient (Wildman–Crippen LogP) is 4.89. The number of ether oxygens (including phenoxy) is 1. The molecule has 1 N–H and O–H groups in total. The third-order valence-electron chi connectivity index (χ3n) is 6.51. The Morgan fingerprint density at radius 2 is 1.91 bits per heavy atom. The fraction of sp³-hybridized carbons (Fsp3) is 0.259. The Bertz CT molecular complexity index is 1290. The van der Waals surface area contributed by atoms with Gasteiger partial charge in [-0.05, 0) is 59.9 Å². The van der Waals surface area contributed by atoms with E-state index < -0.39 is 23.5 Å². The number of aliphatic hydroxyl groups is 1. The van der Waals surface area contributed by atoms with Crippen LogP contribution in [0.2, 0.25) is 0 Å². The van der Waals surface area contributed by atoms with E-state index >= 15 is 0 Å². The maximum atomic E-state index is 13.8. The summed E-state index contributed by atoms with van der Waals surface area (Å²) in [5.41, 5.74) is 1.41. The number of Topliss-reactive ketones (excluding diaryl/α,β-unsaturated/α-hetero) is 1. The lowest BCUT2D eigenvalue weighted by Crippen LogP contribution is -2.36. The zero-order valence-electron chi connectivity index (χ0n) is 18.3. The van der Waals surface area contributed by atoms with Crippen molar-refractivity contribution in [2.75, 3.05) is 13.2 Å². The van der Waals surface area contributed by atoms with Crippen LogP contribution >= 0.6 is 0 Å². The van der Waals surface area contributed by atoms with Crippen LogP contribution in [0.5, 0.6) is 0 Å². The summed E-state index contributed by atoms with van der Waals surface area (Å²) in [6.45, 7) is 2.48. The highest BCUT2D eigenvalue weighted by molar-refractivity contribution is 6.46. The minimum absolute atomic E-state index is 0.0142. The van der Waals surface area contributed by atoms with Crippen LogP contribution in [0.3, 0.4) is 0 Å². The van der Waals surface area contributed by atoms with Crippen molar-refractivity contribution in [1.82, 2.24) is 4.90 Å². The molecular formula is C27H24FNO4. The molecule has 168 valence electrons. The van der Waals surface area contributed by atoms with E-state index in [0.29, 0.717) is 17.7 Å². The van der Waals surface area contributed by atoms with Gasteiger partial charge in [0.25, 0.3) is 11.7 Å². The SMILES string of the molecule is Cc1cc(/C(O)=C2/C(=O)C(=O)N(CC3CCCO3)C2c2cccc3ccccc23)ccc1F. The second-order valence-electron chi connectivity index (χ2n) is 8.62. The van der Waals surface area contributed by atoms with Crippen LogP contribution in [-0.2, 0) is 14.3 Å². The molecule has 0 aliphatic carbocycles. The molecule has 2 aliphatic heterocycles. The molecule has 2 unspecified atom stereocenters. The predicted molar refractivity (Wildman–Crippen MR) is 123 cm³/mol. The summed E-state index contributed by atoms with van der Waals surface area (Å²) >= 11 is 0. The Labute approximate surface area is 191 Å². The molecule has 2 saturated heterocycles. The fourth-order valence-electron chi connectivity index (χ4n) is 4.84. The second kappa shape index (κ2) is 8.45. The van der Waals surface area contributed by atoms with Crippen LogP contribution in [0.1, 0.15) is 35.6 Å². The van der Waals surface area contributed by atoms with Crippen molar-refractivity contribution < 1.29 is 23.8 Å². The lowest BCUT2D eigenvalue weighted by Gasteiger charge is -2.28. The maximum absolute atomic E-state index is 13.8. The van der Waals surface area contributed by atoms with Gasteiger partial charge in [-0.1, -0.05) is 42.5 Å². The molecule has 2 atom stereocenters. The molecule has 2 fully saturated rings. The number of benzene rings is 3. The zero-order valence-corrected chi connectivity index (χ0v) is 18.3. The summed E-state index contributed by atoms with van der Waals surface area (Å²) in [4.78, 5) is 28.0. The van der Waals surface area contributed by atoms with E-state index in [1.54, 1.807) is 6.92 Å². The topological polar surface area (TPSA) is 66.8 Å². The summed E-state index contributed by atoms with van der Waals surface area (Å²) in [6, 6.07) is 16.9. The number of amides is 1. The summed E-state index contributed by atoms with van der Waals surface area (Å²) < 4.78 is 19.6. The first-order chi connectivity index (χ1) is 16.0. The normalized spacial score (nSPS) is 22.4. The van der Waals surface area contributed by atoms with Gasteiger partial charge in [0.05, 0.1) is 17.7 Å². The number of nitrogens with zero attached hydrogens (tertiary/aromatic N) is 1. The van der Waals surface area contributed by atoms with Gasteiger partial charge in [-0.3, -0.25) is 9.59 Å². The van der Waals surface area contributed by atoms with Crippen molar-refractivity contribution >= 4 is 28.2 Å². The average Bonchev–Trinajstić information content (AvgIpc) is 3.42. The van der Waals surface area contributed by atoms with Crippen LogP contribution in [0, 0.1) is 12.7 Å². The number of aliphatic hydroxyl groups excluding tert-OH is 1. The summed E-state index contributed by atoms with van der Waals surface area (Å²) in [6.07, 6.45) is 1.55. The van der Waals surface area contributed by atoms with Gasteiger partial charge in [0.15, 0.2) is 0 Å². The minimum Gasteiger partial charge on any atom is -0.507 e. The molecule has 0 saturated carbocycles. The second-order valence-corrected chi connectivity index (χ2v) is 8.62. The van der Waals surface area contributed by atoms with Gasteiger partial charge in [-0.15, -0.1) is 0 Å². The van der Waals surface area contributed by atoms with Crippen LogP contribution in [0.25, 0.3) is 16.5 Å².